The Bertz CT molecular complexity index is 2550. The lowest BCUT2D eigenvalue weighted by Gasteiger charge is -2.35. The van der Waals surface area contributed by atoms with E-state index in [1.54, 1.807) is 26.0 Å². The first-order valence-corrected chi connectivity index (χ1v) is 22.8. The monoisotopic (exact) mass is 1020 g/mol. The SMILES string of the molecule is CC(C)C(NC(=O)CCOCCOCCOCCOCCC(=O)Oc1c(F)c(F)cc(F)c1F)C(=O)N[C@@H](C)C(=O)NCCOCn1nc2c3c(cc(F)cc3c1=O)N[C@H](c1ccc(F)cc1)C2CNC=N. The molecule has 6 N–H and O–H groups in total. The maximum atomic E-state index is 14.9. The zero-order valence-electron chi connectivity index (χ0n) is 39.6. The van der Waals surface area contributed by atoms with Crippen molar-refractivity contribution in [2.45, 2.75) is 64.4 Å². The molecule has 0 saturated heterocycles. The largest absolute Gasteiger partial charge is 0.420 e. The molecule has 25 heteroatoms. The molecule has 2 unspecified atom stereocenters. The molecule has 0 aliphatic carbocycles. The van der Waals surface area contributed by atoms with Gasteiger partial charge in [-0.1, -0.05) is 26.0 Å². The highest BCUT2D eigenvalue weighted by atomic mass is 19.2. The molecule has 1 aliphatic rings. The summed E-state index contributed by atoms with van der Waals surface area (Å²) in [6, 6.07) is 5.61. The number of carbonyl (C=O) groups excluding carboxylic acids is 4. The van der Waals surface area contributed by atoms with E-state index in [1.807, 2.05) is 0 Å². The van der Waals surface area contributed by atoms with E-state index in [4.69, 9.17) is 29.1 Å². The third-order valence-electron chi connectivity index (χ3n) is 10.9. The van der Waals surface area contributed by atoms with E-state index in [9.17, 15) is 50.3 Å². The summed E-state index contributed by atoms with van der Waals surface area (Å²) < 4.78 is 115. The number of nitrogens with zero attached hydrogens (tertiary/aromatic N) is 2. The van der Waals surface area contributed by atoms with Crippen molar-refractivity contribution >= 4 is 46.5 Å². The first-order chi connectivity index (χ1) is 34.5. The number of ether oxygens (including phenoxy) is 6. The molecule has 0 spiro atoms. The molecule has 4 aromatic rings. The fourth-order valence-corrected chi connectivity index (χ4v) is 7.28. The third kappa shape index (κ3) is 15.9. The number of nitrogens with one attached hydrogen (secondary N) is 6. The van der Waals surface area contributed by atoms with Crippen molar-refractivity contribution in [2.24, 2.45) is 5.92 Å². The number of esters is 1. The van der Waals surface area contributed by atoms with Crippen molar-refractivity contribution < 1.29 is 73.9 Å². The van der Waals surface area contributed by atoms with E-state index in [2.05, 4.69) is 36.4 Å². The maximum absolute atomic E-state index is 14.9. The van der Waals surface area contributed by atoms with Crippen LogP contribution in [-0.2, 0) is 49.6 Å². The maximum Gasteiger partial charge on any atom is 0.313 e. The van der Waals surface area contributed by atoms with Crippen LogP contribution in [0.2, 0.25) is 0 Å². The summed E-state index contributed by atoms with van der Waals surface area (Å²) >= 11 is 0. The Balaban J connectivity index is 0.942. The first-order valence-electron chi connectivity index (χ1n) is 22.8. The standard InChI is InChI=1S/C47H56F6N8O11/c1-26(2)41(59-36(62)8-11-67-14-16-69-18-19-70-17-15-68-12-9-37(63)72-44-39(52)33(50)22-34(51)40(44)53)46(65)57-27(3)45(64)56-10-13-71-25-61-47(66)31-20-30(49)21-35-38(31)43(60-61)32(23-55-24-54)42(58-35)28-4-6-29(48)7-5-28/h4-7,20-22,24,26-27,32,41-42,58H,8-19,23,25H2,1-3H3,(H2,54,55)(H,56,64)(H,57,65)(H,59,62)/t27-,32?,41?,42+/m0/s1. The summed E-state index contributed by atoms with van der Waals surface area (Å²) in [7, 11) is 0. The summed E-state index contributed by atoms with van der Waals surface area (Å²) in [5, 5.41) is 26.6. The van der Waals surface area contributed by atoms with Gasteiger partial charge in [0, 0.05) is 42.6 Å². The molecule has 3 aromatic carbocycles. The zero-order chi connectivity index (χ0) is 52.3. The quantitative estimate of drug-likeness (QED) is 0.00827. The molecule has 72 heavy (non-hydrogen) atoms. The second kappa shape index (κ2) is 27.8. The predicted octanol–water partition coefficient (Wildman–Crippen LogP) is 3.87. The van der Waals surface area contributed by atoms with Gasteiger partial charge in [-0.3, -0.25) is 29.4 Å². The molecule has 0 bridgehead atoms. The van der Waals surface area contributed by atoms with E-state index in [1.165, 1.54) is 25.1 Å². The summed E-state index contributed by atoms with van der Waals surface area (Å²) in [5.41, 5.74) is 0.799. The van der Waals surface area contributed by atoms with Gasteiger partial charge in [0.2, 0.25) is 35.1 Å². The average molecular weight is 1020 g/mol. The summed E-state index contributed by atoms with van der Waals surface area (Å²) in [6.07, 6.45) is 0.487. The van der Waals surface area contributed by atoms with E-state index >= 15 is 0 Å². The van der Waals surface area contributed by atoms with Crippen molar-refractivity contribution in [3.8, 4) is 5.75 Å². The molecule has 5 rings (SSSR count). The molecule has 4 atom stereocenters. The Morgan fingerprint density at radius 1 is 0.764 bits per heavy atom. The molecule has 0 radical (unpaired) electrons. The number of carbonyl (C=O) groups is 4. The lowest BCUT2D eigenvalue weighted by atomic mass is 9.84. The average Bonchev–Trinajstić information content (AvgIpc) is 3.34. The van der Waals surface area contributed by atoms with Crippen LogP contribution in [0.5, 0.6) is 5.75 Å². The smallest absolute Gasteiger partial charge is 0.313 e. The number of aromatic nitrogens is 2. The number of halogens is 6. The van der Waals surface area contributed by atoms with Crippen molar-refractivity contribution in [2.75, 3.05) is 77.9 Å². The highest BCUT2D eigenvalue weighted by Gasteiger charge is 2.35. The second-order valence-corrected chi connectivity index (χ2v) is 16.5. The van der Waals surface area contributed by atoms with E-state index < -0.39 is 100 Å². The summed E-state index contributed by atoms with van der Waals surface area (Å²) in [5.74, 6) is -13.3. The number of hydrogen-bond donors (Lipinski definition) is 6. The molecule has 19 nitrogen and oxygen atoms in total. The molecule has 392 valence electrons. The van der Waals surface area contributed by atoms with Crippen LogP contribution >= 0.6 is 0 Å². The highest BCUT2D eigenvalue weighted by Crippen LogP contribution is 2.43. The topological polar surface area (TPSA) is 243 Å². The fourth-order valence-electron chi connectivity index (χ4n) is 7.28. The Labute approximate surface area is 409 Å². The fraction of sp³-hybridized carbons (Fsp3) is 0.468. The lowest BCUT2D eigenvalue weighted by molar-refractivity contribution is -0.136. The Kier molecular flexibility index (Phi) is 21.7. The third-order valence-corrected chi connectivity index (χ3v) is 10.9. The lowest BCUT2D eigenvalue weighted by Crippen LogP contribution is -2.54. The zero-order valence-corrected chi connectivity index (χ0v) is 39.6. The van der Waals surface area contributed by atoms with Gasteiger partial charge in [-0.05, 0) is 42.7 Å². The minimum absolute atomic E-state index is 0.00940. The molecular weight excluding hydrogens is 967 g/mol. The van der Waals surface area contributed by atoms with Crippen LogP contribution in [0.4, 0.5) is 32.0 Å². The van der Waals surface area contributed by atoms with Crippen molar-refractivity contribution in [3.05, 3.63) is 99.0 Å². The van der Waals surface area contributed by atoms with E-state index in [0.29, 0.717) is 22.3 Å². The number of hydrogen-bond acceptors (Lipinski definition) is 14. The van der Waals surface area contributed by atoms with Gasteiger partial charge < -0.3 is 55.0 Å². The van der Waals surface area contributed by atoms with Crippen molar-refractivity contribution in [3.63, 3.8) is 0 Å². The van der Waals surface area contributed by atoms with Crippen LogP contribution in [0.3, 0.4) is 0 Å². The molecular formula is C47H56F6N8O11. The highest BCUT2D eigenvalue weighted by molar-refractivity contribution is 5.97. The number of anilines is 1. The minimum Gasteiger partial charge on any atom is -0.420 e. The van der Waals surface area contributed by atoms with Crippen LogP contribution in [0.15, 0.2) is 47.3 Å². The van der Waals surface area contributed by atoms with Crippen LogP contribution in [-0.4, -0.2) is 124 Å². The van der Waals surface area contributed by atoms with Crippen LogP contribution in [0.1, 0.15) is 56.8 Å². The van der Waals surface area contributed by atoms with Crippen LogP contribution in [0.25, 0.3) is 10.8 Å². The van der Waals surface area contributed by atoms with Crippen molar-refractivity contribution in [1.82, 2.24) is 31.0 Å². The van der Waals surface area contributed by atoms with Crippen LogP contribution < -0.4 is 36.9 Å². The second-order valence-electron chi connectivity index (χ2n) is 16.5. The van der Waals surface area contributed by atoms with Crippen molar-refractivity contribution in [1.29, 1.82) is 5.41 Å². The van der Waals surface area contributed by atoms with E-state index in [-0.39, 0.29) is 103 Å². The molecule has 0 saturated carbocycles. The number of rotatable bonds is 30. The predicted molar refractivity (Wildman–Crippen MR) is 246 cm³/mol. The minimum atomic E-state index is -1.83. The normalized spacial score (nSPS) is 14.9. The molecule has 0 fully saturated rings. The Morgan fingerprint density at radius 3 is 1.99 bits per heavy atom. The van der Waals surface area contributed by atoms with Gasteiger partial charge in [0.15, 0.2) is 11.6 Å². The molecule has 1 aromatic heterocycles. The van der Waals surface area contributed by atoms with Gasteiger partial charge in [-0.15, -0.1) is 0 Å². The van der Waals surface area contributed by atoms with Crippen LogP contribution in [0, 0.1) is 46.2 Å². The summed E-state index contributed by atoms with van der Waals surface area (Å²) in [4.78, 5) is 64.0. The van der Waals surface area contributed by atoms with Gasteiger partial charge in [-0.25, -0.2) is 22.2 Å². The summed E-state index contributed by atoms with van der Waals surface area (Å²) in [6.45, 7) is 5.32. The molecule has 3 amide bonds. The molecule has 1 aliphatic heterocycles. The Morgan fingerprint density at radius 2 is 1.38 bits per heavy atom. The van der Waals surface area contributed by atoms with Gasteiger partial charge in [0.05, 0.1) is 89.3 Å². The van der Waals surface area contributed by atoms with Gasteiger partial charge >= 0.3 is 5.97 Å². The van der Waals surface area contributed by atoms with E-state index in [0.717, 1.165) is 17.1 Å². The number of benzene rings is 3. The first kappa shape index (κ1) is 56.2. The van der Waals surface area contributed by atoms with Gasteiger partial charge in [-0.2, -0.15) is 13.9 Å². The van der Waals surface area contributed by atoms with Gasteiger partial charge in [0.1, 0.15) is 30.4 Å². The number of amides is 3. The molecule has 2 heterocycles. The van der Waals surface area contributed by atoms with Gasteiger partial charge in [0.25, 0.3) is 5.56 Å². The Hall–Kier alpha value is -6.67.